The van der Waals surface area contributed by atoms with Crippen LogP contribution in [0.15, 0.2) is 59.5 Å². The Hall–Kier alpha value is -2.34. The smallest absolute Gasteiger partial charge is 0.264 e. The van der Waals surface area contributed by atoms with Gasteiger partial charge in [-0.15, -0.1) is 0 Å². The lowest BCUT2D eigenvalue weighted by molar-refractivity contribution is -0.127. The van der Waals surface area contributed by atoms with Crippen LogP contribution < -0.4 is 4.31 Å². The first-order valence-corrected chi connectivity index (χ1v) is 8.61. The van der Waals surface area contributed by atoms with Crippen molar-refractivity contribution in [3.63, 3.8) is 0 Å². The lowest BCUT2D eigenvalue weighted by atomic mass is 10.2. The molecule has 0 heterocycles. The second-order valence-corrected chi connectivity index (χ2v) is 7.26. The number of aryl methyl sites for hydroxylation is 1. The average molecular weight is 332 g/mol. The van der Waals surface area contributed by atoms with E-state index in [1.165, 1.54) is 21.3 Å². The largest absolute Gasteiger partial charge is 0.347 e. The summed E-state index contributed by atoms with van der Waals surface area (Å²) in [6.45, 7) is 1.58. The summed E-state index contributed by atoms with van der Waals surface area (Å²) < 4.78 is 27.2. The topological polar surface area (TPSA) is 57.7 Å². The highest BCUT2D eigenvalue weighted by molar-refractivity contribution is 7.92. The Bertz CT molecular complexity index is 786. The Morgan fingerprint density at radius 1 is 0.957 bits per heavy atom. The highest BCUT2D eigenvalue weighted by Crippen LogP contribution is 2.26. The second kappa shape index (κ2) is 6.83. The van der Waals surface area contributed by atoms with Crippen molar-refractivity contribution in [3.05, 3.63) is 60.2 Å². The number of anilines is 1. The van der Waals surface area contributed by atoms with Crippen molar-refractivity contribution >= 4 is 21.6 Å². The number of hydrogen-bond acceptors (Lipinski definition) is 3. The van der Waals surface area contributed by atoms with E-state index >= 15 is 0 Å². The van der Waals surface area contributed by atoms with Crippen molar-refractivity contribution in [2.24, 2.45) is 0 Å². The minimum Gasteiger partial charge on any atom is -0.347 e. The number of benzene rings is 2. The molecule has 1 amide bonds. The number of hydrogen-bond donors (Lipinski definition) is 0. The third-order valence-corrected chi connectivity index (χ3v) is 5.27. The van der Waals surface area contributed by atoms with Gasteiger partial charge in [-0.05, 0) is 30.7 Å². The van der Waals surface area contributed by atoms with Gasteiger partial charge in [0.2, 0.25) is 5.91 Å². The zero-order valence-electron chi connectivity index (χ0n) is 13.4. The molecule has 0 atom stereocenters. The summed E-state index contributed by atoms with van der Waals surface area (Å²) in [4.78, 5) is 13.7. The zero-order valence-corrected chi connectivity index (χ0v) is 14.2. The lowest BCUT2D eigenvalue weighted by Gasteiger charge is -2.26. The molecule has 0 aliphatic rings. The molecule has 0 aliphatic carbocycles. The minimum atomic E-state index is -3.82. The molecule has 0 unspecified atom stereocenters. The highest BCUT2D eigenvalue weighted by atomic mass is 32.2. The standard InChI is InChI=1S/C17H20N2O3S/c1-14-9-7-8-12-16(14)19(13-17(20)18(2)3)23(21,22)15-10-5-4-6-11-15/h4-12H,13H2,1-3H3. The van der Waals surface area contributed by atoms with E-state index in [9.17, 15) is 13.2 Å². The van der Waals surface area contributed by atoms with Gasteiger partial charge in [-0.1, -0.05) is 36.4 Å². The van der Waals surface area contributed by atoms with Crippen molar-refractivity contribution < 1.29 is 13.2 Å². The van der Waals surface area contributed by atoms with E-state index < -0.39 is 10.0 Å². The van der Waals surface area contributed by atoms with Crippen molar-refractivity contribution in [2.75, 3.05) is 24.9 Å². The number of likely N-dealkylation sites (N-methyl/N-ethyl adjacent to an activating group) is 1. The number of nitrogens with zero attached hydrogens (tertiary/aromatic N) is 2. The molecule has 23 heavy (non-hydrogen) atoms. The van der Waals surface area contributed by atoms with Crippen molar-refractivity contribution in [1.29, 1.82) is 0 Å². The predicted molar refractivity (Wildman–Crippen MR) is 90.8 cm³/mol. The maximum absolute atomic E-state index is 13.0. The molecular formula is C17H20N2O3S. The molecule has 0 saturated carbocycles. The van der Waals surface area contributed by atoms with Gasteiger partial charge in [-0.25, -0.2) is 8.42 Å². The predicted octanol–water partition coefficient (Wildman–Crippen LogP) is 2.28. The summed E-state index contributed by atoms with van der Waals surface area (Å²) in [6.07, 6.45) is 0. The first-order chi connectivity index (χ1) is 10.8. The van der Waals surface area contributed by atoms with E-state index in [-0.39, 0.29) is 17.3 Å². The summed E-state index contributed by atoms with van der Waals surface area (Å²) in [5, 5.41) is 0. The van der Waals surface area contributed by atoms with E-state index in [0.717, 1.165) is 5.56 Å². The monoisotopic (exact) mass is 332 g/mol. The third-order valence-electron chi connectivity index (χ3n) is 3.49. The van der Waals surface area contributed by atoms with Crippen LogP contribution in [-0.4, -0.2) is 39.9 Å². The molecule has 0 fully saturated rings. The molecule has 2 aromatic rings. The van der Waals surface area contributed by atoms with Gasteiger partial charge in [-0.2, -0.15) is 0 Å². The van der Waals surface area contributed by atoms with Crippen LogP contribution >= 0.6 is 0 Å². The zero-order chi connectivity index (χ0) is 17.0. The molecule has 0 radical (unpaired) electrons. The van der Waals surface area contributed by atoms with Crippen LogP contribution in [0.5, 0.6) is 0 Å². The highest BCUT2D eigenvalue weighted by Gasteiger charge is 2.28. The SMILES string of the molecule is Cc1ccccc1N(CC(=O)N(C)C)S(=O)(=O)c1ccccc1. The molecular weight excluding hydrogens is 312 g/mol. The van der Waals surface area contributed by atoms with Crippen molar-refractivity contribution in [2.45, 2.75) is 11.8 Å². The molecule has 2 rings (SSSR count). The maximum Gasteiger partial charge on any atom is 0.264 e. The molecule has 5 nitrogen and oxygen atoms in total. The summed E-state index contributed by atoms with van der Waals surface area (Å²) in [5.41, 5.74) is 1.30. The molecule has 0 saturated heterocycles. The third kappa shape index (κ3) is 3.71. The fourth-order valence-electron chi connectivity index (χ4n) is 2.13. The van der Waals surface area contributed by atoms with E-state index in [1.807, 2.05) is 19.1 Å². The van der Waals surface area contributed by atoms with E-state index in [1.54, 1.807) is 44.4 Å². The lowest BCUT2D eigenvalue weighted by Crippen LogP contribution is -2.40. The van der Waals surface area contributed by atoms with Crippen LogP contribution in [0.25, 0.3) is 0 Å². The average Bonchev–Trinajstić information content (AvgIpc) is 2.53. The number of rotatable bonds is 5. The van der Waals surface area contributed by atoms with Crippen LogP contribution in [0.4, 0.5) is 5.69 Å². The quantitative estimate of drug-likeness (QED) is 0.844. The molecule has 122 valence electrons. The van der Waals surface area contributed by atoms with Crippen LogP contribution in [0.1, 0.15) is 5.56 Å². The molecule has 0 aliphatic heterocycles. The van der Waals surface area contributed by atoms with Gasteiger partial charge in [0.05, 0.1) is 10.6 Å². The molecule has 0 N–H and O–H groups in total. The Balaban J connectivity index is 2.54. The Labute approximate surface area is 137 Å². The number of para-hydroxylation sites is 1. The van der Waals surface area contributed by atoms with Gasteiger partial charge < -0.3 is 4.90 Å². The second-order valence-electron chi connectivity index (χ2n) is 5.40. The maximum atomic E-state index is 13.0. The Morgan fingerprint density at radius 3 is 2.09 bits per heavy atom. The van der Waals surface area contributed by atoms with Gasteiger partial charge in [0.25, 0.3) is 10.0 Å². The number of sulfonamides is 1. The van der Waals surface area contributed by atoms with Gasteiger partial charge in [0, 0.05) is 14.1 Å². The van der Waals surface area contributed by atoms with Crippen LogP contribution in [0.2, 0.25) is 0 Å². The Kier molecular flexibility index (Phi) is 5.05. The first kappa shape index (κ1) is 17.0. The number of carbonyl (C=O) groups is 1. The minimum absolute atomic E-state index is 0.162. The molecule has 2 aromatic carbocycles. The number of amides is 1. The van der Waals surface area contributed by atoms with Gasteiger partial charge in [0.15, 0.2) is 0 Å². The van der Waals surface area contributed by atoms with E-state index in [4.69, 9.17) is 0 Å². The molecule has 0 bridgehead atoms. The van der Waals surface area contributed by atoms with Gasteiger partial charge >= 0.3 is 0 Å². The van der Waals surface area contributed by atoms with Gasteiger partial charge in [-0.3, -0.25) is 9.10 Å². The van der Waals surface area contributed by atoms with Crippen LogP contribution in [0, 0.1) is 6.92 Å². The molecule has 0 spiro atoms. The van der Waals surface area contributed by atoms with Crippen molar-refractivity contribution in [3.8, 4) is 0 Å². The van der Waals surface area contributed by atoms with Crippen LogP contribution in [0.3, 0.4) is 0 Å². The first-order valence-electron chi connectivity index (χ1n) is 7.17. The fraction of sp³-hybridized carbons (Fsp3) is 0.235. The van der Waals surface area contributed by atoms with Crippen LogP contribution in [-0.2, 0) is 14.8 Å². The molecule has 0 aromatic heterocycles. The van der Waals surface area contributed by atoms with Crippen molar-refractivity contribution in [1.82, 2.24) is 4.90 Å². The summed E-state index contributed by atoms with van der Waals surface area (Å²) in [7, 11) is -0.610. The summed E-state index contributed by atoms with van der Waals surface area (Å²) in [6, 6.07) is 15.3. The fourth-order valence-corrected chi connectivity index (χ4v) is 3.63. The normalized spacial score (nSPS) is 11.1. The van der Waals surface area contributed by atoms with E-state index in [0.29, 0.717) is 5.69 Å². The van der Waals surface area contributed by atoms with E-state index in [2.05, 4.69) is 0 Å². The number of carbonyl (C=O) groups excluding carboxylic acids is 1. The Morgan fingerprint density at radius 2 is 1.52 bits per heavy atom. The summed E-state index contributed by atoms with van der Waals surface area (Å²) >= 11 is 0. The summed E-state index contributed by atoms with van der Waals surface area (Å²) in [5.74, 6) is -0.284. The molecule has 6 heteroatoms. The van der Waals surface area contributed by atoms with Gasteiger partial charge in [0.1, 0.15) is 6.54 Å².